The minimum Gasteiger partial charge on any atom is -0.481 e. The summed E-state index contributed by atoms with van der Waals surface area (Å²) < 4.78 is 5.45. The van der Waals surface area contributed by atoms with Gasteiger partial charge in [0, 0.05) is 16.7 Å². The van der Waals surface area contributed by atoms with Crippen molar-refractivity contribution >= 4 is 41.0 Å². The van der Waals surface area contributed by atoms with Gasteiger partial charge in [0.25, 0.3) is 11.6 Å². The molecule has 0 saturated heterocycles. The number of benzene rings is 2. The number of hydrogen-bond donors (Lipinski definition) is 1. The average molecular weight is 382 g/mol. The van der Waals surface area contributed by atoms with Crippen LogP contribution in [0.5, 0.6) is 5.75 Å². The van der Waals surface area contributed by atoms with Crippen LogP contribution in [0.25, 0.3) is 0 Å². The molecule has 2 aromatic rings. The molecule has 1 atom stereocenters. The molecular weight excluding hydrogens is 369 g/mol. The molecule has 0 fully saturated rings. The lowest BCUT2D eigenvalue weighted by Gasteiger charge is -2.12. The Morgan fingerprint density at radius 2 is 1.96 bits per heavy atom. The predicted octanol–water partition coefficient (Wildman–Crippen LogP) is 3.82. The largest absolute Gasteiger partial charge is 0.481 e. The molecule has 130 valence electrons. The average Bonchev–Trinajstić information content (AvgIpc) is 2.58. The first-order chi connectivity index (χ1) is 11.9. The number of nitrogens with zero attached hydrogens (tertiary/aromatic N) is 2. The monoisotopic (exact) mass is 381 g/mol. The van der Waals surface area contributed by atoms with E-state index in [0.717, 1.165) is 0 Å². The van der Waals surface area contributed by atoms with E-state index in [0.29, 0.717) is 16.3 Å². The van der Waals surface area contributed by atoms with Gasteiger partial charge < -0.3 is 4.74 Å². The van der Waals surface area contributed by atoms with Crippen LogP contribution in [-0.2, 0) is 4.79 Å². The molecule has 0 saturated carbocycles. The van der Waals surface area contributed by atoms with E-state index in [1.165, 1.54) is 18.3 Å². The van der Waals surface area contributed by atoms with Crippen molar-refractivity contribution in [2.75, 3.05) is 0 Å². The van der Waals surface area contributed by atoms with Crippen molar-refractivity contribution in [3.05, 3.63) is 68.2 Å². The van der Waals surface area contributed by atoms with Gasteiger partial charge >= 0.3 is 0 Å². The van der Waals surface area contributed by atoms with E-state index in [-0.39, 0.29) is 10.7 Å². The van der Waals surface area contributed by atoms with Crippen LogP contribution in [0, 0.1) is 10.1 Å². The maximum absolute atomic E-state index is 11.9. The lowest BCUT2D eigenvalue weighted by Crippen LogP contribution is -2.33. The minimum atomic E-state index is -0.794. The van der Waals surface area contributed by atoms with Gasteiger partial charge in [-0.25, -0.2) is 5.43 Å². The number of amides is 1. The Morgan fingerprint density at radius 3 is 2.60 bits per heavy atom. The lowest BCUT2D eigenvalue weighted by atomic mass is 10.2. The molecule has 0 aliphatic rings. The topological polar surface area (TPSA) is 93.8 Å². The minimum absolute atomic E-state index is 0.0242. The van der Waals surface area contributed by atoms with E-state index in [1.54, 1.807) is 37.3 Å². The van der Waals surface area contributed by atoms with E-state index >= 15 is 0 Å². The third-order valence-electron chi connectivity index (χ3n) is 3.05. The first kappa shape index (κ1) is 18.7. The van der Waals surface area contributed by atoms with Crippen molar-refractivity contribution in [1.29, 1.82) is 0 Å². The summed E-state index contributed by atoms with van der Waals surface area (Å²) in [6.07, 6.45) is 0.480. The molecule has 7 nitrogen and oxygen atoms in total. The number of carbonyl (C=O) groups is 1. The number of nitro groups is 1. The quantitative estimate of drug-likeness (QED) is 0.467. The Hall–Kier alpha value is -2.64. The van der Waals surface area contributed by atoms with Crippen molar-refractivity contribution in [3.8, 4) is 5.75 Å². The summed E-state index contributed by atoms with van der Waals surface area (Å²) in [5.74, 6) is 0.0130. The second-order valence-corrected chi connectivity index (χ2v) is 5.76. The third kappa shape index (κ3) is 5.44. The molecule has 0 aliphatic heterocycles. The summed E-state index contributed by atoms with van der Waals surface area (Å²) in [7, 11) is 0. The molecule has 0 unspecified atom stereocenters. The third-order valence-corrected chi connectivity index (χ3v) is 3.62. The highest BCUT2D eigenvalue weighted by atomic mass is 35.5. The number of carbonyl (C=O) groups excluding carboxylic acids is 1. The molecule has 0 radical (unpaired) electrons. The van der Waals surface area contributed by atoms with Gasteiger partial charge in [-0.2, -0.15) is 5.10 Å². The summed E-state index contributed by atoms with van der Waals surface area (Å²) in [4.78, 5) is 22.2. The van der Waals surface area contributed by atoms with Crippen LogP contribution in [0.2, 0.25) is 10.0 Å². The smallest absolute Gasteiger partial charge is 0.288 e. The number of rotatable bonds is 6. The van der Waals surface area contributed by atoms with E-state index in [9.17, 15) is 14.9 Å². The summed E-state index contributed by atoms with van der Waals surface area (Å²) in [5.41, 5.74) is 2.48. The second kappa shape index (κ2) is 8.46. The van der Waals surface area contributed by atoms with Crippen LogP contribution >= 0.6 is 23.2 Å². The molecule has 25 heavy (non-hydrogen) atoms. The highest BCUT2D eigenvalue weighted by molar-refractivity contribution is 6.32. The lowest BCUT2D eigenvalue weighted by molar-refractivity contribution is -0.384. The SMILES string of the molecule is C[C@@H](Oc1ccc(Cl)cc1)C(=O)N/N=C\c1ccc(Cl)c([N+](=O)[O-])c1. The van der Waals surface area contributed by atoms with Gasteiger partial charge in [0.15, 0.2) is 6.10 Å². The molecule has 1 amide bonds. The van der Waals surface area contributed by atoms with E-state index < -0.39 is 16.9 Å². The zero-order valence-corrected chi connectivity index (χ0v) is 14.5. The molecule has 9 heteroatoms. The Balaban J connectivity index is 1.94. The maximum Gasteiger partial charge on any atom is 0.288 e. The summed E-state index contributed by atoms with van der Waals surface area (Å²) in [5, 5.41) is 15.2. The summed E-state index contributed by atoms with van der Waals surface area (Å²) in [6.45, 7) is 1.56. The Morgan fingerprint density at radius 1 is 1.28 bits per heavy atom. The van der Waals surface area contributed by atoms with Crippen molar-refractivity contribution in [2.24, 2.45) is 5.10 Å². The Labute approximate surface area is 153 Å². The van der Waals surface area contributed by atoms with Crippen molar-refractivity contribution < 1.29 is 14.5 Å². The van der Waals surface area contributed by atoms with Gasteiger partial charge in [0.2, 0.25) is 0 Å². The van der Waals surface area contributed by atoms with Gasteiger partial charge in [-0.1, -0.05) is 29.3 Å². The van der Waals surface area contributed by atoms with Crippen LogP contribution in [0.15, 0.2) is 47.6 Å². The van der Waals surface area contributed by atoms with E-state index in [4.69, 9.17) is 27.9 Å². The summed E-state index contributed by atoms with van der Waals surface area (Å²) in [6, 6.07) is 10.8. The Bertz CT molecular complexity index is 810. The van der Waals surface area contributed by atoms with Crippen molar-refractivity contribution in [3.63, 3.8) is 0 Å². The number of ether oxygens (including phenoxy) is 1. The first-order valence-corrected chi connectivity index (χ1v) is 7.81. The molecule has 2 rings (SSSR count). The normalized spacial score (nSPS) is 12.0. The predicted molar refractivity (Wildman–Crippen MR) is 95.4 cm³/mol. The molecule has 1 N–H and O–H groups in total. The molecule has 0 aliphatic carbocycles. The second-order valence-electron chi connectivity index (χ2n) is 4.92. The molecule has 0 spiro atoms. The Kier molecular flexibility index (Phi) is 6.32. The fraction of sp³-hybridized carbons (Fsp3) is 0.125. The van der Waals surface area contributed by atoms with Gasteiger partial charge in [-0.15, -0.1) is 0 Å². The van der Waals surface area contributed by atoms with E-state index in [2.05, 4.69) is 10.5 Å². The molecule has 0 aromatic heterocycles. The number of hydrogen-bond acceptors (Lipinski definition) is 5. The number of halogens is 2. The highest BCUT2D eigenvalue weighted by Gasteiger charge is 2.14. The van der Waals surface area contributed by atoms with Gasteiger partial charge in [-0.05, 0) is 37.3 Å². The van der Waals surface area contributed by atoms with Crippen LogP contribution in [0.3, 0.4) is 0 Å². The molecule has 2 aromatic carbocycles. The molecular formula is C16H13Cl2N3O4. The summed E-state index contributed by atoms with van der Waals surface area (Å²) >= 11 is 11.5. The van der Waals surface area contributed by atoms with Gasteiger partial charge in [0.05, 0.1) is 11.1 Å². The van der Waals surface area contributed by atoms with Crippen molar-refractivity contribution in [1.82, 2.24) is 5.43 Å². The van der Waals surface area contributed by atoms with Crippen LogP contribution in [-0.4, -0.2) is 23.1 Å². The fourth-order valence-corrected chi connectivity index (χ4v) is 2.09. The van der Waals surface area contributed by atoms with Gasteiger partial charge in [0.1, 0.15) is 10.8 Å². The molecule has 0 bridgehead atoms. The zero-order valence-electron chi connectivity index (χ0n) is 13.0. The number of hydrazone groups is 1. The first-order valence-electron chi connectivity index (χ1n) is 7.06. The van der Waals surface area contributed by atoms with Crippen LogP contribution < -0.4 is 10.2 Å². The maximum atomic E-state index is 11.9. The van der Waals surface area contributed by atoms with Crippen LogP contribution in [0.4, 0.5) is 5.69 Å². The molecule has 0 heterocycles. The zero-order chi connectivity index (χ0) is 18.4. The standard InChI is InChI=1S/C16H13Cl2N3O4/c1-10(25-13-5-3-12(17)4-6-13)16(22)20-19-9-11-2-7-14(18)15(8-11)21(23)24/h2-10H,1H3,(H,20,22)/b19-9-/t10-/m1/s1. The van der Waals surface area contributed by atoms with Crippen LogP contribution in [0.1, 0.15) is 12.5 Å². The fourth-order valence-electron chi connectivity index (χ4n) is 1.78. The number of nitrogens with one attached hydrogen (secondary N) is 1. The highest BCUT2D eigenvalue weighted by Crippen LogP contribution is 2.24. The van der Waals surface area contributed by atoms with Gasteiger partial charge in [-0.3, -0.25) is 14.9 Å². The van der Waals surface area contributed by atoms with Crippen molar-refractivity contribution in [2.45, 2.75) is 13.0 Å². The number of nitro benzene ring substituents is 1. The van der Waals surface area contributed by atoms with E-state index in [1.807, 2.05) is 0 Å².